The predicted octanol–water partition coefficient (Wildman–Crippen LogP) is 4.23. The molecule has 1 aliphatic carbocycles. The number of rotatable bonds is 5. The van der Waals surface area contributed by atoms with Crippen LogP contribution in [0.3, 0.4) is 0 Å². The molecule has 3 aromatic rings. The van der Waals surface area contributed by atoms with Crippen molar-refractivity contribution in [3.05, 3.63) is 47.8 Å². The maximum Gasteiger partial charge on any atom is 0.227 e. The quantitative estimate of drug-likeness (QED) is 0.555. The van der Waals surface area contributed by atoms with E-state index in [1.807, 2.05) is 24.5 Å². The van der Waals surface area contributed by atoms with Gasteiger partial charge in [0.25, 0.3) is 0 Å². The molecule has 3 heterocycles. The van der Waals surface area contributed by atoms with Crippen LogP contribution in [0, 0.1) is 6.92 Å². The number of aryl methyl sites for hydroxylation is 1. The Labute approximate surface area is 188 Å². The largest absolute Gasteiger partial charge is 0.474 e. The number of fused-ring (bicyclic) bond motifs is 1. The predicted molar refractivity (Wildman–Crippen MR) is 126 cm³/mol. The Balaban J connectivity index is 1.51. The van der Waals surface area contributed by atoms with Gasteiger partial charge in [0.1, 0.15) is 6.10 Å². The summed E-state index contributed by atoms with van der Waals surface area (Å²) in [6, 6.07) is 8.18. The van der Waals surface area contributed by atoms with E-state index in [1.54, 1.807) is 0 Å². The van der Waals surface area contributed by atoms with E-state index in [0.29, 0.717) is 17.7 Å². The Hall–Kier alpha value is -2.77. The molecule has 1 saturated heterocycles. The topological polar surface area (TPSA) is 92.2 Å². The minimum absolute atomic E-state index is 0.160. The number of nitrogens with one attached hydrogen (secondary N) is 2. The second-order valence-electron chi connectivity index (χ2n) is 9.04. The second-order valence-corrected chi connectivity index (χ2v) is 9.04. The van der Waals surface area contributed by atoms with Crippen LogP contribution in [0.25, 0.3) is 10.9 Å². The average molecular weight is 434 g/mol. The molecule has 0 radical (unpaired) electrons. The first kappa shape index (κ1) is 21.1. The fourth-order valence-electron chi connectivity index (χ4n) is 4.78. The number of aromatic nitrogens is 3. The summed E-state index contributed by atoms with van der Waals surface area (Å²) < 4.78 is 6.31. The van der Waals surface area contributed by atoms with Crippen LogP contribution in [0.4, 0.5) is 11.6 Å². The van der Waals surface area contributed by atoms with Gasteiger partial charge in [-0.25, -0.2) is 15.0 Å². The lowest BCUT2D eigenvalue weighted by Crippen LogP contribution is -2.34. The Morgan fingerprint density at radius 3 is 2.62 bits per heavy atom. The van der Waals surface area contributed by atoms with Crippen molar-refractivity contribution in [3.63, 3.8) is 0 Å². The third-order valence-electron chi connectivity index (χ3n) is 6.59. The number of ether oxygens (including phenoxy) is 1. The average Bonchev–Trinajstić information content (AvgIpc) is 2.81. The van der Waals surface area contributed by atoms with Crippen LogP contribution in [0.2, 0.25) is 0 Å². The zero-order chi connectivity index (χ0) is 21.9. The summed E-state index contributed by atoms with van der Waals surface area (Å²) in [7, 11) is 0. The van der Waals surface area contributed by atoms with Crippen LogP contribution in [-0.2, 0) is 0 Å². The van der Waals surface area contributed by atoms with E-state index in [2.05, 4.69) is 34.7 Å². The van der Waals surface area contributed by atoms with E-state index in [-0.39, 0.29) is 12.2 Å². The summed E-state index contributed by atoms with van der Waals surface area (Å²) in [5.41, 5.74) is 4.17. The van der Waals surface area contributed by atoms with Crippen LogP contribution in [0.15, 0.2) is 36.7 Å². The molecule has 2 aliphatic rings. The van der Waals surface area contributed by atoms with Gasteiger partial charge in [0.05, 0.1) is 17.0 Å². The van der Waals surface area contributed by atoms with Gasteiger partial charge in [-0.2, -0.15) is 0 Å². The lowest BCUT2D eigenvalue weighted by molar-refractivity contribution is 0.122. The number of benzene rings is 1. The number of anilines is 2. The molecule has 1 aliphatic heterocycles. The molecule has 7 nitrogen and oxygen atoms in total. The molecule has 7 heteroatoms. The molecule has 0 unspecified atom stereocenters. The molecule has 168 valence electrons. The highest BCUT2D eigenvalue weighted by Crippen LogP contribution is 2.38. The lowest BCUT2D eigenvalue weighted by atomic mass is 9.83. The normalized spacial score (nSPS) is 22.1. The first-order chi connectivity index (χ1) is 15.7. The molecule has 5 rings (SSSR count). The minimum Gasteiger partial charge on any atom is -0.474 e. The summed E-state index contributed by atoms with van der Waals surface area (Å²) in [4.78, 5) is 14.2. The number of aliphatic hydroxyl groups excluding tert-OH is 1. The first-order valence-electron chi connectivity index (χ1n) is 11.7. The Morgan fingerprint density at radius 2 is 1.84 bits per heavy atom. The van der Waals surface area contributed by atoms with E-state index in [0.717, 1.165) is 73.8 Å². The molecule has 1 saturated carbocycles. The smallest absolute Gasteiger partial charge is 0.227 e. The maximum atomic E-state index is 9.97. The van der Waals surface area contributed by atoms with Crippen molar-refractivity contribution in [2.24, 2.45) is 0 Å². The van der Waals surface area contributed by atoms with Crippen molar-refractivity contribution >= 4 is 22.5 Å². The molecule has 1 aromatic carbocycles. The number of nitrogens with zero attached hydrogens (tertiary/aromatic N) is 3. The fraction of sp³-hybridized carbons (Fsp3) is 0.480. The molecule has 2 aromatic heterocycles. The van der Waals surface area contributed by atoms with Crippen LogP contribution in [0.1, 0.15) is 55.6 Å². The molecule has 0 bridgehead atoms. The number of aliphatic hydroxyl groups is 1. The van der Waals surface area contributed by atoms with E-state index in [9.17, 15) is 5.11 Å². The summed E-state index contributed by atoms with van der Waals surface area (Å²) in [6.45, 7) is 4.00. The van der Waals surface area contributed by atoms with Gasteiger partial charge in [-0.15, -0.1) is 0 Å². The van der Waals surface area contributed by atoms with E-state index >= 15 is 0 Å². The van der Waals surface area contributed by atoms with Gasteiger partial charge in [0, 0.05) is 23.6 Å². The van der Waals surface area contributed by atoms with Gasteiger partial charge in [-0.05, 0) is 82.2 Å². The lowest BCUT2D eigenvalue weighted by Gasteiger charge is -2.27. The van der Waals surface area contributed by atoms with E-state index in [4.69, 9.17) is 14.7 Å². The maximum absolute atomic E-state index is 9.97. The summed E-state index contributed by atoms with van der Waals surface area (Å²) in [5.74, 6) is 1.52. The highest BCUT2D eigenvalue weighted by atomic mass is 16.5. The zero-order valence-corrected chi connectivity index (χ0v) is 18.6. The van der Waals surface area contributed by atoms with Crippen molar-refractivity contribution < 1.29 is 9.84 Å². The van der Waals surface area contributed by atoms with Crippen LogP contribution >= 0.6 is 0 Å². The molecule has 32 heavy (non-hydrogen) atoms. The summed E-state index contributed by atoms with van der Waals surface area (Å²) in [6.07, 6.45) is 9.20. The van der Waals surface area contributed by atoms with Crippen LogP contribution < -0.4 is 15.4 Å². The monoisotopic (exact) mass is 433 g/mol. The third kappa shape index (κ3) is 4.69. The summed E-state index contributed by atoms with van der Waals surface area (Å²) >= 11 is 0. The molecular weight excluding hydrogens is 402 g/mol. The summed E-state index contributed by atoms with van der Waals surface area (Å²) in [5, 5.41) is 17.5. The fourth-order valence-corrected chi connectivity index (χ4v) is 4.78. The Kier molecular flexibility index (Phi) is 6.19. The molecular formula is C25H31N5O2. The molecule has 0 amide bonds. The second kappa shape index (κ2) is 9.38. The van der Waals surface area contributed by atoms with Gasteiger partial charge in [-0.3, -0.25) is 0 Å². The first-order valence-corrected chi connectivity index (χ1v) is 11.7. The Bertz CT molecular complexity index is 1080. The van der Waals surface area contributed by atoms with Crippen molar-refractivity contribution in [2.45, 2.75) is 63.6 Å². The van der Waals surface area contributed by atoms with Crippen molar-refractivity contribution in [1.82, 2.24) is 20.3 Å². The zero-order valence-electron chi connectivity index (χ0n) is 18.6. The number of hydrogen-bond acceptors (Lipinski definition) is 7. The van der Waals surface area contributed by atoms with E-state index < -0.39 is 0 Å². The highest BCUT2D eigenvalue weighted by Gasteiger charge is 2.25. The van der Waals surface area contributed by atoms with Crippen molar-refractivity contribution in [1.29, 1.82) is 0 Å². The minimum atomic E-state index is -0.193. The Morgan fingerprint density at radius 1 is 1.03 bits per heavy atom. The SMILES string of the molecule is Cc1cccc(Nc2ncc3c(OC4CCNCC4)ncc(C4CCC(O)CC4)c3n2)c1. The van der Waals surface area contributed by atoms with Gasteiger partial charge in [0.15, 0.2) is 0 Å². The number of hydrogen-bond donors (Lipinski definition) is 3. The van der Waals surface area contributed by atoms with Gasteiger partial charge in [0.2, 0.25) is 11.8 Å². The highest BCUT2D eigenvalue weighted by molar-refractivity contribution is 5.87. The molecule has 2 fully saturated rings. The van der Waals surface area contributed by atoms with Gasteiger partial charge >= 0.3 is 0 Å². The number of pyridine rings is 1. The molecule has 0 spiro atoms. The van der Waals surface area contributed by atoms with E-state index in [1.165, 1.54) is 5.56 Å². The van der Waals surface area contributed by atoms with Gasteiger partial charge < -0.3 is 20.5 Å². The molecule has 0 atom stereocenters. The van der Waals surface area contributed by atoms with Crippen LogP contribution in [-0.4, -0.2) is 45.4 Å². The van der Waals surface area contributed by atoms with Crippen LogP contribution in [0.5, 0.6) is 5.88 Å². The van der Waals surface area contributed by atoms with Gasteiger partial charge in [-0.1, -0.05) is 12.1 Å². The molecule has 3 N–H and O–H groups in total. The van der Waals surface area contributed by atoms with Crippen molar-refractivity contribution in [3.8, 4) is 5.88 Å². The standard InChI is InChI=1S/C25H31N5O2/c1-16-3-2-4-18(13-16)29-25-28-15-22-23(30-25)21(17-5-7-19(31)8-6-17)14-27-24(22)32-20-9-11-26-12-10-20/h2-4,13-15,17,19-20,26,31H,5-12H2,1H3,(H,28,29,30). The van der Waals surface area contributed by atoms with Crippen molar-refractivity contribution in [2.75, 3.05) is 18.4 Å². The third-order valence-corrected chi connectivity index (χ3v) is 6.59. The number of piperidine rings is 1.